The molecule has 3 N–H and O–H groups in total. The number of hydrogen-bond donors (Lipinski definition) is 2. The molecule has 0 radical (unpaired) electrons. The monoisotopic (exact) mass is 428 g/mol. The highest BCUT2D eigenvalue weighted by molar-refractivity contribution is 9.10. The van der Waals surface area contributed by atoms with Crippen molar-refractivity contribution < 1.29 is 8.42 Å². The third-order valence-electron chi connectivity index (χ3n) is 2.53. The van der Waals surface area contributed by atoms with E-state index in [0.717, 1.165) is 0 Å². The van der Waals surface area contributed by atoms with Crippen LogP contribution in [0.4, 0.5) is 11.4 Å². The number of benzene rings is 2. The Balaban J connectivity index is 2.44. The minimum Gasteiger partial charge on any atom is -0.398 e. The van der Waals surface area contributed by atoms with Gasteiger partial charge in [-0.05, 0) is 46.3 Å². The van der Waals surface area contributed by atoms with Crippen molar-refractivity contribution in [2.24, 2.45) is 0 Å². The Labute approximate surface area is 145 Å². The second-order valence-electron chi connectivity index (χ2n) is 4.03. The molecule has 0 saturated heterocycles. The zero-order valence-corrected chi connectivity index (χ0v) is 14.9. The smallest absolute Gasteiger partial charge is 0.262 e. The average molecular weight is 431 g/mol. The van der Waals surface area contributed by atoms with Crippen LogP contribution in [0.2, 0.25) is 15.1 Å². The largest absolute Gasteiger partial charge is 0.398 e. The summed E-state index contributed by atoms with van der Waals surface area (Å²) in [6, 6.07) is 7.02. The topological polar surface area (TPSA) is 72.2 Å². The zero-order chi connectivity index (χ0) is 15.8. The van der Waals surface area contributed by atoms with E-state index in [0.29, 0.717) is 15.2 Å². The lowest BCUT2D eigenvalue weighted by molar-refractivity contribution is 0.601. The molecule has 2 aromatic rings. The molecule has 0 atom stereocenters. The molecule has 0 aliphatic rings. The number of nitrogen functional groups attached to an aromatic ring is 1. The molecular formula is C12H8BrCl3N2O2S. The van der Waals surface area contributed by atoms with Crippen molar-refractivity contribution in [2.45, 2.75) is 4.90 Å². The van der Waals surface area contributed by atoms with Gasteiger partial charge in [-0.25, -0.2) is 8.42 Å². The maximum Gasteiger partial charge on any atom is 0.262 e. The summed E-state index contributed by atoms with van der Waals surface area (Å²) in [7, 11) is -3.86. The quantitative estimate of drug-likeness (QED) is 0.688. The Bertz CT molecular complexity index is 789. The Morgan fingerprint density at radius 1 is 1.05 bits per heavy atom. The first kappa shape index (κ1) is 16.7. The minimum absolute atomic E-state index is 0.0191. The van der Waals surface area contributed by atoms with Crippen molar-refractivity contribution >= 4 is 72.1 Å². The molecule has 0 bridgehead atoms. The predicted molar refractivity (Wildman–Crippen MR) is 90.8 cm³/mol. The van der Waals surface area contributed by atoms with Crippen LogP contribution in [0.1, 0.15) is 0 Å². The van der Waals surface area contributed by atoms with Crippen molar-refractivity contribution in [3.05, 3.63) is 49.9 Å². The third-order valence-corrected chi connectivity index (χ3v) is 5.37. The molecule has 0 aromatic heterocycles. The van der Waals surface area contributed by atoms with Crippen LogP contribution in [0.15, 0.2) is 39.7 Å². The molecule has 9 heteroatoms. The van der Waals surface area contributed by atoms with E-state index in [9.17, 15) is 8.42 Å². The first-order valence-electron chi connectivity index (χ1n) is 5.43. The molecular weight excluding hydrogens is 422 g/mol. The van der Waals surface area contributed by atoms with Crippen LogP contribution in [0.5, 0.6) is 0 Å². The van der Waals surface area contributed by atoms with Crippen LogP contribution < -0.4 is 10.5 Å². The normalized spacial score (nSPS) is 11.4. The first-order valence-corrected chi connectivity index (χ1v) is 8.84. The number of nitrogens with two attached hydrogens (primary N) is 1. The highest BCUT2D eigenvalue weighted by Crippen LogP contribution is 2.35. The van der Waals surface area contributed by atoms with Gasteiger partial charge in [0.15, 0.2) is 0 Å². The Hall–Kier alpha value is -0.660. The summed E-state index contributed by atoms with van der Waals surface area (Å²) in [4.78, 5) is 0.0191. The summed E-state index contributed by atoms with van der Waals surface area (Å²) >= 11 is 20.9. The first-order chi connectivity index (χ1) is 9.70. The Morgan fingerprint density at radius 2 is 1.62 bits per heavy atom. The van der Waals surface area contributed by atoms with E-state index in [1.165, 1.54) is 30.3 Å². The van der Waals surface area contributed by atoms with Gasteiger partial charge in [-0.15, -0.1) is 0 Å². The lowest BCUT2D eigenvalue weighted by Gasteiger charge is -2.12. The van der Waals surface area contributed by atoms with Crippen LogP contribution in [0.3, 0.4) is 0 Å². The molecule has 0 amide bonds. The predicted octanol–water partition coefficient (Wildman–Crippen LogP) is 4.79. The summed E-state index contributed by atoms with van der Waals surface area (Å²) in [5.41, 5.74) is 6.12. The van der Waals surface area contributed by atoms with E-state index in [1.807, 2.05) is 0 Å². The molecule has 0 spiro atoms. The number of nitrogens with one attached hydrogen (secondary N) is 1. The van der Waals surface area contributed by atoms with Crippen molar-refractivity contribution in [1.29, 1.82) is 0 Å². The fourth-order valence-corrected chi connectivity index (χ4v) is 4.19. The van der Waals surface area contributed by atoms with Crippen LogP contribution in [-0.2, 0) is 10.0 Å². The number of anilines is 2. The van der Waals surface area contributed by atoms with Gasteiger partial charge in [-0.1, -0.05) is 34.8 Å². The summed E-state index contributed by atoms with van der Waals surface area (Å²) in [6.07, 6.45) is 0. The third kappa shape index (κ3) is 3.76. The van der Waals surface area contributed by atoms with E-state index in [4.69, 9.17) is 40.5 Å². The number of rotatable bonds is 3. The van der Waals surface area contributed by atoms with Gasteiger partial charge in [0.05, 0.1) is 20.6 Å². The van der Waals surface area contributed by atoms with Crippen LogP contribution in [-0.4, -0.2) is 8.42 Å². The Morgan fingerprint density at radius 3 is 2.14 bits per heavy atom. The van der Waals surface area contributed by atoms with Gasteiger partial charge >= 0.3 is 0 Å². The van der Waals surface area contributed by atoms with Gasteiger partial charge in [-0.2, -0.15) is 0 Å². The second-order valence-corrected chi connectivity index (χ2v) is 7.82. The van der Waals surface area contributed by atoms with Gasteiger partial charge in [-0.3, -0.25) is 4.72 Å². The highest BCUT2D eigenvalue weighted by Gasteiger charge is 2.19. The van der Waals surface area contributed by atoms with Crippen LogP contribution >= 0.6 is 50.7 Å². The average Bonchev–Trinajstić information content (AvgIpc) is 2.37. The molecule has 0 saturated carbocycles. The molecule has 0 fully saturated rings. The van der Waals surface area contributed by atoms with E-state index >= 15 is 0 Å². The van der Waals surface area contributed by atoms with Crippen molar-refractivity contribution in [3.63, 3.8) is 0 Å². The maximum absolute atomic E-state index is 12.3. The Kier molecular flexibility index (Phi) is 4.95. The lowest BCUT2D eigenvalue weighted by Crippen LogP contribution is -2.14. The van der Waals surface area contributed by atoms with Crippen molar-refractivity contribution in [2.75, 3.05) is 10.5 Å². The van der Waals surface area contributed by atoms with E-state index < -0.39 is 10.0 Å². The van der Waals surface area contributed by atoms with E-state index in [-0.39, 0.29) is 20.6 Å². The summed E-state index contributed by atoms with van der Waals surface area (Å²) < 4.78 is 27.5. The number of hydrogen-bond acceptors (Lipinski definition) is 3. The molecule has 0 heterocycles. The van der Waals surface area contributed by atoms with Gasteiger partial charge < -0.3 is 5.73 Å². The van der Waals surface area contributed by atoms with Gasteiger partial charge in [0.1, 0.15) is 0 Å². The SMILES string of the molecule is Nc1ccc(S(=O)(=O)Nc2c(Cl)cc(Cl)cc2Cl)cc1Br. The molecule has 4 nitrogen and oxygen atoms in total. The fourth-order valence-electron chi connectivity index (χ4n) is 1.51. The van der Waals surface area contributed by atoms with Crippen molar-refractivity contribution in [3.8, 4) is 0 Å². The molecule has 112 valence electrons. The molecule has 21 heavy (non-hydrogen) atoms. The maximum atomic E-state index is 12.3. The minimum atomic E-state index is -3.86. The zero-order valence-electron chi connectivity index (χ0n) is 10.2. The lowest BCUT2D eigenvalue weighted by atomic mass is 10.3. The molecule has 2 aromatic carbocycles. The van der Waals surface area contributed by atoms with Crippen LogP contribution in [0, 0.1) is 0 Å². The summed E-state index contributed by atoms with van der Waals surface area (Å²) in [6.45, 7) is 0. The van der Waals surface area contributed by atoms with Crippen molar-refractivity contribution in [1.82, 2.24) is 0 Å². The molecule has 0 unspecified atom stereocenters. The molecule has 0 aliphatic carbocycles. The van der Waals surface area contributed by atoms with Gasteiger partial charge in [0, 0.05) is 15.2 Å². The molecule has 0 aliphatic heterocycles. The van der Waals surface area contributed by atoms with E-state index in [1.54, 1.807) is 0 Å². The number of sulfonamides is 1. The van der Waals surface area contributed by atoms with E-state index in [2.05, 4.69) is 20.7 Å². The fraction of sp³-hybridized carbons (Fsp3) is 0. The highest BCUT2D eigenvalue weighted by atomic mass is 79.9. The summed E-state index contributed by atoms with van der Waals surface area (Å²) in [5, 5.41) is 0.513. The van der Waals surface area contributed by atoms with Gasteiger partial charge in [0.25, 0.3) is 10.0 Å². The second kappa shape index (κ2) is 6.22. The standard InChI is InChI=1S/C12H8BrCl3N2O2S/c13-8-5-7(1-2-11(8)17)21(19,20)18-12-9(15)3-6(14)4-10(12)16/h1-5,18H,17H2. The van der Waals surface area contributed by atoms with Crippen LogP contribution in [0.25, 0.3) is 0 Å². The summed E-state index contributed by atoms with van der Waals surface area (Å²) in [5.74, 6) is 0. The molecule has 2 rings (SSSR count). The van der Waals surface area contributed by atoms with Gasteiger partial charge in [0.2, 0.25) is 0 Å². The number of halogens is 4.